The summed E-state index contributed by atoms with van der Waals surface area (Å²) in [7, 11) is 0. The third-order valence-corrected chi connectivity index (χ3v) is 4.32. The number of nitrogens with zero attached hydrogens (tertiary/aromatic N) is 2. The molecule has 2 heterocycles. The average molecular weight is 353 g/mol. The summed E-state index contributed by atoms with van der Waals surface area (Å²) < 4.78 is 5.18. The Morgan fingerprint density at radius 2 is 1.81 bits per heavy atom. The first-order valence-electron chi connectivity index (χ1n) is 8.92. The number of hydrogen-bond acceptors (Lipinski definition) is 5. The number of hydrogen-bond donors (Lipinski definition) is 1. The highest BCUT2D eigenvalue weighted by Crippen LogP contribution is 2.21. The van der Waals surface area contributed by atoms with E-state index in [2.05, 4.69) is 15.2 Å². The van der Waals surface area contributed by atoms with Crippen LogP contribution in [0.4, 0.5) is 5.82 Å². The van der Waals surface area contributed by atoms with Crippen LogP contribution in [0.1, 0.15) is 35.2 Å². The van der Waals surface area contributed by atoms with Gasteiger partial charge in [0, 0.05) is 19.3 Å². The Hall–Kier alpha value is -2.89. The van der Waals surface area contributed by atoms with Crippen molar-refractivity contribution in [2.75, 3.05) is 24.5 Å². The Morgan fingerprint density at radius 1 is 1.04 bits per heavy atom. The van der Waals surface area contributed by atoms with E-state index < -0.39 is 5.97 Å². The lowest BCUT2D eigenvalue weighted by Crippen LogP contribution is -2.35. The van der Waals surface area contributed by atoms with Crippen molar-refractivity contribution in [2.24, 2.45) is 0 Å². The molecule has 1 fully saturated rings. The zero-order chi connectivity index (χ0) is 18.2. The van der Waals surface area contributed by atoms with Crippen molar-refractivity contribution in [3.05, 3.63) is 59.8 Å². The number of amides is 1. The van der Waals surface area contributed by atoms with E-state index in [1.807, 2.05) is 30.3 Å². The maximum absolute atomic E-state index is 12.5. The van der Waals surface area contributed by atoms with Crippen molar-refractivity contribution in [2.45, 2.75) is 25.9 Å². The molecule has 0 bridgehead atoms. The molecule has 136 valence electrons. The topological polar surface area (TPSA) is 71.5 Å². The Kier molecular flexibility index (Phi) is 6.19. The molecular weight excluding hydrogens is 330 g/mol. The standard InChI is InChI=1S/C20H23N3O3/c24-18(26-15-16-8-3-1-4-9-16)14-22-20(25)17-10-7-11-21-19(17)23-12-5-2-6-13-23/h1,3-4,7-11H,2,5-6,12-15H2,(H,22,25). The van der Waals surface area contributed by atoms with Crippen LogP contribution in [0.15, 0.2) is 48.7 Å². The van der Waals surface area contributed by atoms with Crippen molar-refractivity contribution >= 4 is 17.7 Å². The molecule has 1 N–H and O–H groups in total. The Bertz CT molecular complexity index is 743. The van der Waals surface area contributed by atoms with Gasteiger partial charge in [0.1, 0.15) is 19.0 Å². The van der Waals surface area contributed by atoms with Gasteiger partial charge in [0.15, 0.2) is 0 Å². The smallest absolute Gasteiger partial charge is 0.325 e. The highest BCUT2D eigenvalue weighted by molar-refractivity contribution is 6.00. The molecule has 0 unspecified atom stereocenters. The molecular formula is C20H23N3O3. The molecule has 1 aromatic heterocycles. The molecule has 1 amide bonds. The van der Waals surface area contributed by atoms with Crippen molar-refractivity contribution in [1.29, 1.82) is 0 Å². The predicted molar refractivity (Wildman–Crippen MR) is 98.9 cm³/mol. The van der Waals surface area contributed by atoms with Gasteiger partial charge in [-0.25, -0.2) is 4.98 Å². The fraction of sp³-hybridized carbons (Fsp3) is 0.350. The summed E-state index contributed by atoms with van der Waals surface area (Å²) in [5.74, 6) is -0.0942. The molecule has 2 aromatic rings. The van der Waals surface area contributed by atoms with E-state index in [4.69, 9.17) is 4.74 Å². The summed E-state index contributed by atoms with van der Waals surface area (Å²) >= 11 is 0. The second kappa shape index (κ2) is 8.99. The van der Waals surface area contributed by atoms with Gasteiger partial charge in [0.05, 0.1) is 5.56 Å². The number of carbonyl (C=O) groups is 2. The molecule has 0 spiro atoms. The first kappa shape index (κ1) is 17.9. The summed E-state index contributed by atoms with van der Waals surface area (Å²) in [4.78, 5) is 30.9. The largest absolute Gasteiger partial charge is 0.460 e. The summed E-state index contributed by atoms with van der Waals surface area (Å²) in [5.41, 5.74) is 1.40. The van der Waals surface area contributed by atoms with E-state index in [9.17, 15) is 9.59 Å². The molecule has 26 heavy (non-hydrogen) atoms. The van der Waals surface area contributed by atoms with Gasteiger partial charge in [0.25, 0.3) is 5.91 Å². The highest BCUT2D eigenvalue weighted by atomic mass is 16.5. The number of rotatable bonds is 6. The van der Waals surface area contributed by atoms with Crippen LogP contribution < -0.4 is 10.2 Å². The van der Waals surface area contributed by atoms with Crippen molar-refractivity contribution in [3.8, 4) is 0 Å². The van der Waals surface area contributed by atoms with Crippen molar-refractivity contribution < 1.29 is 14.3 Å². The van der Waals surface area contributed by atoms with E-state index in [0.29, 0.717) is 11.4 Å². The van der Waals surface area contributed by atoms with E-state index in [1.54, 1.807) is 18.3 Å². The third kappa shape index (κ3) is 4.81. The number of pyridine rings is 1. The minimum absolute atomic E-state index is 0.167. The first-order chi connectivity index (χ1) is 12.7. The average Bonchev–Trinajstić information content (AvgIpc) is 2.72. The van der Waals surface area contributed by atoms with Gasteiger partial charge in [0.2, 0.25) is 0 Å². The van der Waals surface area contributed by atoms with Gasteiger partial charge in [-0.3, -0.25) is 9.59 Å². The zero-order valence-electron chi connectivity index (χ0n) is 14.7. The molecule has 1 aliphatic rings. The highest BCUT2D eigenvalue weighted by Gasteiger charge is 2.20. The minimum Gasteiger partial charge on any atom is -0.460 e. The van der Waals surface area contributed by atoms with Crippen LogP contribution in [0.2, 0.25) is 0 Å². The maximum atomic E-state index is 12.5. The second-order valence-corrected chi connectivity index (χ2v) is 6.25. The normalized spacial score (nSPS) is 13.9. The number of anilines is 1. The predicted octanol–water partition coefficient (Wildman–Crippen LogP) is 2.55. The number of esters is 1. The van der Waals surface area contributed by atoms with E-state index in [1.165, 1.54) is 6.42 Å². The van der Waals surface area contributed by atoms with E-state index in [-0.39, 0.29) is 19.1 Å². The molecule has 0 aliphatic carbocycles. The lowest BCUT2D eigenvalue weighted by atomic mass is 10.1. The summed E-state index contributed by atoms with van der Waals surface area (Å²) in [6.45, 7) is 1.83. The quantitative estimate of drug-likeness (QED) is 0.808. The number of ether oxygens (including phenoxy) is 1. The number of benzene rings is 1. The Morgan fingerprint density at radius 3 is 2.58 bits per heavy atom. The SMILES string of the molecule is O=C(CNC(=O)c1cccnc1N1CCCCC1)OCc1ccccc1. The molecule has 0 saturated carbocycles. The summed E-state index contributed by atoms with van der Waals surface area (Å²) in [5, 5.41) is 2.63. The second-order valence-electron chi connectivity index (χ2n) is 6.25. The van der Waals surface area contributed by atoms with Crippen LogP contribution in [0.3, 0.4) is 0 Å². The first-order valence-corrected chi connectivity index (χ1v) is 8.92. The molecule has 1 saturated heterocycles. The summed E-state index contributed by atoms with van der Waals surface area (Å²) in [6.07, 6.45) is 5.10. The van der Waals surface area contributed by atoms with Crippen molar-refractivity contribution in [3.63, 3.8) is 0 Å². The number of nitrogens with one attached hydrogen (secondary N) is 1. The van der Waals surface area contributed by atoms with Crippen LogP contribution in [0, 0.1) is 0 Å². The molecule has 3 rings (SSSR count). The van der Waals surface area contributed by atoms with Gasteiger partial charge in [-0.15, -0.1) is 0 Å². The van der Waals surface area contributed by atoms with Gasteiger partial charge < -0.3 is 15.0 Å². The zero-order valence-corrected chi connectivity index (χ0v) is 14.7. The van der Waals surface area contributed by atoms with Gasteiger partial charge >= 0.3 is 5.97 Å². The van der Waals surface area contributed by atoms with Gasteiger partial charge in [-0.05, 0) is 37.0 Å². The molecule has 0 radical (unpaired) electrons. The monoisotopic (exact) mass is 353 g/mol. The molecule has 1 aromatic carbocycles. The molecule has 0 atom stereocenters. The van der Waals surface area contributed by atoms with Crippen LogP contribution in [0.5, 0.6) is 0 Å². The molecule has 6 nitrogen and oxygen atoms in total. The lowest BCUT2D eigenvalue weighted by Gasteiger charge is -2.29. The summed E-state index contributed by atoms with van der Waals surface area (Å²) in [6, 6.07) is 12.9. The van der Waals surface area contributed by atoms with Crippen molar-refractivity contribution in [1.82, 2.24) is 10.3 Å². The fourth-order valence-corrected chi connectivity index (χ4v) is 2.97. The lowest BCUT2D eigenvalue weighted by molar-refractivity contribution is -0.143. The molecule has 6 heteroatoms. The van der Waals surface area contributed by atoms with Gasteiger partial charge in [-0.1, -0.05) is 30.3 Å². The maximum Gasteiger partial charge on any atom is 0.325 e. The number of carbonyl (C=O) groups excluding carboxylic acids is 2. The van der Waals surface area contributed by atoms with Crippen LogP contribution in [-0.2, 0) is 16.1 Å². The van der Waals surface area contributed by atoms with E-state index >= 15 is 0 Å². The third-order valence-electron chi connectivity index (χ3n) is 4.32. The Labute approximate surface area is 153 Å². The number of piperidine rings is 1. The Balaban J connectivity index is 1.54. The molecule has 1 aliphatic heterocycles. The van der Waals surface area contributed by atoms with Crippen LogP contribution in [0.25, 0.3) is 0 Å². The fourth-order valence-electron chi connectivity index (χ4n) is 2.97. The van der Waals surface area contributed by atoms with Crippen LogP contribution >= 0.6 is 0 Å². The van der Waals surface area contributed by atoms with Crippen LogP contribution in [-0.4, -0.2) is 36.5 Å². The van der Waals surface area contributed by atoms with Gasteiger partial charge in [-0.2, -0.15) is 0 Å². The number of aromatic nitrogens is 1. The minimum atomic E-state index is -0.467. The van der Waals surface area contributed by atoms with E-state index in [0.717, 1.165) is 31.5 Å².